The molecule has 19 heavy (non-hydrogen) atoms. The van der Waals surface area contributed by atoms with Crippen molar-refractivity contribution < 1.29 is 4.79 Å². The molecule has 102 valence electrons. The van der Waals surface area contributed by atoms with Crippen molar-refractivity contribution >= 4 is 17.2 Å². The molecule has 0 spiro atoms. The molecule has 1 N–H and O–H groups in total. The molecule has 0 atom stereocenters. The molecular weight excluding hydrogens is 254 g/mol. The van der Waals surface area contributed by atoms with Gasteiger partial charge in [-0.3, -0.25) is 4.79 Å². The Balaban J connectivity index is 1.47. The van der Waals surface area contributed by atoms with Crippen molar-refractivity contribution in [2.75, 3.05) is 0 Å². The van der Waals surface area contributed by atoms with E-state index in [2.05, 4.69) is 22.1 Å². The third kappa shape index (κ3) is 2.03. The molecule has 2 nitrogen and oxygen atoms in total. The van der Waals surface area contributed by atoms with Gasteiger partial charge in [0.1, 0.15) is 0 Å². The van der Waals surface area contributed by atoms with Crippen molar-refractivity contribution in [2.24, 2.45) is 23.2 Å². The van der Waals surface area contributed by atoms with Gasteiger partial charge < -0.3 is 5.32 Å². The van der Waals surface area contributed by atoms with Crippen LogP contribution < -0.4 is 5.32 Å². The first kappa shape index (κ1) is 12.0. The van der Waals surface area contributed by atoms with Gasteiger partial charge in [-0.15, -0.1) is 0 Å². The fraction of sp³-hybridized carbons (Fsp3) is 0.688. The first-order valence-electron chi connectivity index (χ1n) is 7.53. The SMILES string of the molecule is O=C(NCc1ccsc1)C12CC3CC(CC(C3)C1)C2. The zero-order valence-corrected chi connectivity index (χ0v) is 12.0. The van der Waals surface area contributed by atoms with Crippen molar-refractivity contribution in [3.05, 3.63) is 22.4 Å². The summed E-state index contributed by atoms with van der Waals surface area (Å²) in [4.78, 5) is 12.7. The Labute approximate surface area is 118 Å². The van der Waals surface area contributed by atoms with Crippen LogP contribution in [0.2, 0.25) is 0 Å². The van der Waals surface area contributed by atoms with E-state index < -0.39 is 0 Å². The Bertz CT molecular complexity index is 444. The normalized spacial score (nSPS) is 39.5. The lowest BCUT2D eigenvalue weighted by molar-refractivity contribution is -0.146. The molecule has 0 radical (unpaired) electrons. The summed E-state index contributed by atoms with van der Waals surface area (Å²) in [6.45, 7) is 0.712. The molecule has 5 rings (SSSR count). The third-order valence-corrected chi connectivity index (χ3v) is 6.29. The van der Waals surface area contributed by atoms with Gasteiger partial charge in [-0.05, 0) is 78.7 Å². The zero-order chi connectivity index (χ0) is 12.9. The second-order valence-electron chi connectivity index (χ2n) is 7.01. The summed E-state index contributed by atoms with van der Waals surface area (Å²) < 4.78 is 0. The lowest BCUT2D eigenvalue weighted by Crippen LogP contribution is -2.53. The van der Waals surface area contributed by atoms with E-state index in [-0.39, 0.29) is 5.41 Å². The Morgan fingerprint density at radius 3 is 2.37 bits per heavy atom. The van der Waals surface area contributed by atoms with Crippen LogP contribution in [0.5, 0.6) is 0 Å². The van der Waals surface area contributed by atoms with Crippen LogP contribution in [0.3, 0.4) is 0 Å². The Hall–Kier alpha value is -0.830. The smallest absolute Gasteiger partial charge is 0.226 e. The number of carbonyl (C=O) groups is 1. The second-order valence-corrected chi connectivity index (χ2v) is 7.79. The van der Waals surface area contributed by atoms with Gasteiger partial charge >= 0.3 is 0 Å². The van der Waals surface area contributed by atoms with E-state index in [0.717, 1.165) is 37.0 Å². The predicted molar refractivity (Wildman–Crippen MR) is 76.8 cm³/mol. The second kappa shape index (κ2) is 4.34. The quantitative estimate of drug-likeness (QED) is 0.897. The summed E-state index contributed by atoms with van der Waals surface area (Å²) in [5, 5.41) is 7.41. The molecule has 1 aromatic heterocycles. The van der Waals surface area contributed by atoms with Gasteiger partial charge in [-0.25, -0.2) is 0 Å². The van der Waals surface area contributed by atoms with Crippen molar-refractivity contribution in [3.8, 4) is 0 Å². The first-order chi connectivity index (χ1) is 9.23. The van der Waals surface area contributed by atoms with Gasteiger partial charge in [0.2, 0.25) is 5.91 Å². The van der Waals surface area contributed by atoms with Gasteiger partial charge in [0.05, 0.1) is 0 Å². The highest BCUT2D eigenvalue weighted by molar-refractivity contribution is 7.07. The number of nitrogens with one attached hydrogen (secondary N) is 1. The summed E-state index contributed by atoms with van der Waals surface area (Å²) in [6, 6.07) is 2.10. The highest BCUT2D eigenvalue weighted by Gasteiger charge is 2.54. The summed E-state index contributed by atoms with van der Waals surface area (Å²) in [7, 11) is 0. The molecule has 1 aromatic rings. The largest absolute Gasteiger partial charge is 0.352 e. The molecule has 4 bridgehead atoms. The number of rotatable bonds is 3. The Morgan fingerprint density at radius 1 is 1.21 bits per heavy atom. The van der Waals surface area contributed by atoms with Gasteiger partial charge in [0, 0.05) is 12.0 Å². The molecule has 3 heteroatoms. The van der Waals surface area contributed by atoms with E-state index in [1.165, 1.54) is 24.8 Å². The van der Waals surface area contributed by atoms with Crippen LogP contribution in [0, 0.1) is 23.2 Å². The van der Waals surface area contributed by atoms with Crippen LogP contribution >= 0.6 is 11.3 Å². The summed E-state index contributed by atoms with van der Waals surface area (Å²) >= 11 is 1.70. The van der Waals surface area contributed by atoms with Crippen LogP contribution in [0.1, 0.15) is 44.1 Å². The molecule has 4 aliphatic rings. The molecule has 4 aliphatic carbocycles. The highest BCUT2D eigenvalue weighted by atomic mass is 32.1. The molecular formula is C16H21NOS. The maximum absolute atomic E-state index is 12.7. The van der Waals surface area contributed by atoms with Gasteiger partial charge in [-0.2, -0.15) is 11.3 Å². The molecule has 0 aromatic carbocycles. The van der Waals surface area contributed by atoms with Gasteiger partial charge in [0.15, 0.2) is 0 Å². The molecule has 1 heterocycles. The van der Waals surface area contributed by atoms with E-state index in [0.29, 0.717) is 12.5 Å². The third-order valence-electron chi connectivity index (χ3n) is 5.55. The minimum atomic E-state index is 0.00473. The summed E-state index contributed by atoms with van der Waals surface area (Å²) in [5.41, 5.74) is 1.24. The highest BCUT2D eigenvalue weighted by Crippen LogP contribution is 2.60. The fourth-order valence-electron chi connectivity index (χ4n) is 5.15. The molecule has 0 unspecified atom stereocenters. The van der Waals surface area contributed by atoms with Crippen LogP contribution in [-0.2, 0) is 11.3 Å². The number of carbonyl (C=O) groups excluding carboxylic acids is 1. The molecule has 0 aliphatic heterocycles. The van der Waals surface area contributed by atoms with Gasteiger partial charge in [-0.1, -0.05) is 0 Å². The van der Waals surface area contributed by atoms with E-state index in [1.807, 2.05) is 0 Å². The van der Waals surface area contributed by atoms with E-state index in [4.69, 9.17) is 0 Å². The van der Waals surface area contributed by atoms with Crippen molar-refractivity contribution in [3.63, 3.8) is 0 Å². The maximum Gasteiger partial charge on any atom is 0.226 e. The van der Waals surface area contributed by atoms with Gasteiger partial charge in [0.25, 0.3) is 0 Å². The molecule has 4 fully saturated rings. The molecule has 0 saturated heterocycles. The van der Waals surface area contributed by atoms with Crippen LogP contribution in [0.15, 0.2) is 16.8 Å². The standard InChI is InChI=1S/C16H21NOS/c18-15(17-9-11-1-2-19-10-11)16-6-12-3-13(7-16)5-14(4-12)8-16/h1-2,10,12-14H,3-9H2,(H,17,18). The van der Waals surface area contributed by atoms with Crippen molar-refractivity contribution in [1.82, 2.24) is 5.32 Å². The number of amides is 1. The minimum Gasteiger partial charge on any atom is -0.352 e. The lowest BCUT2D eigenvalue weighted by atomic mass is 9.49. The van der Waals surface area contributed by atoms with Crippen molar-refractivity contribution in [2.45, 2.75) is 45.1 Å². The first-order valence-corrected chi connectivity index (χ1v) is 8.47. The fourth-order valence-corrected chi connectivity index (χ4v) is 5.82. The summed E-state index contributed by atoms with van der Waals surface area (Å²) in [5.74, 6) is 2.88. The van der Waals surface area contributed by atoms with Crippen molar-refractivity contribution in [1.29, 1.82) is 0 Å². The van der Waals surface area contributed by atoms with Crippen LogP contribution in [-0.4, -0.2) is 5.91 Å². The number of hydrogen-bond donors (Lipinski definition) is 1. The lowest BCUT2D eigenvalue weighted by Gasteiger charge is -2.55. The predicted octanol–water partition coefficient (Wildman–Crippen LogP) is 3.58. The number of thiophene rings is 1. The average Bonchev–Trinajstić information content (AvgIpc) is 2.87. The monoisotopic (exact) mass is 275 g/mol. The van der Waals surface area contributed by atoms with Crippen LogP contribution in [0.25, 0.3) is 0 Å². The Morgan fingerprint density at radius 2 is 1.84 bits per heavy atom. The average molecular weight is 275 g/mol. The van der Waals surface area contributed by atoms with E-state index >= 15 is 0 Å². The Kier molecular flexibility index (Phi) is 2.73. The zero-order valence-electron chi connectivity index (χ0n) is 11.2. The van der Waals surface area contributed by atoms with E-state index in [9.17, 15) is 4.79 Å². The molecule has 1 amide bonds. The van der Waals surface area contributed by atoms with Crippen LogP contribution in [0.4, 0.5) is 0 Å². The number of hydrogen-bond acceptors (Lipinski definition) is 2. The molecule has 4 saturated carbocycles. The maximum atomic E-state index is 12.7. The van der Waals surface area contributed by atoms with E-state index in [1.54, 1.807) is 11.3 Å². The minimum absolute atomic E-state index is 0.00473. The summed E-state index contributed by atoms with van der Waals surface area (Å²) in [6.07, 6.45) is 7.68. The topological polar surface area (TPSA) is 29.1 Å².